The van der Waals surface area contributed by atoms with E-state index in [0.29, 0.717) is 11.8 Å². The van der Waals surface area contributed by atoms with Gasteiger partial charge >= 0.3 is 5.97 Å². The molecule has 1 aliphatic rings. The molecule has 2 rings (SSSR count). The highest BCUT2D eigenvalue weighted by Gasteiger charge is 2.32. The Morgan fingerprint density at radius 1 is 1.42 bits per heavy atom. The zero-order valence-corrected chi connectivity index (χ0v) is 14.1. The van der Waals surface area contributed by atoms with Gasteiger partial charge in [-0.1, -0.05) is 25.1 Å². The van der Waals surface area contributed by atoms with Gasteiger partial charge in [0.1, 0.15) is 11.0 Å². The molecule has 1 amide bonds. The first kappa shape index (κ1) is 18.0. The summed E-state index contributed by atoms with van der Waals surface area (Å²) >= 11 is 1.07. The molecule has 0 aliphatic carbocycles. The van der Waals surface area contributed by atoms with Crippen LogP contribution >= 0.6 is 11.8 Å². The number of carboxylic acid groups (broad SMARTS) is 1. The van der Waals surface area contributed by atoms with E-state index in [1.807, 2.05) is 24.3 Å². The summed E-state index contributed by atoms with van der Waals surface area (Å²) in [4.78, 5) is 22.2. The first-order valence-corrected chi connectivity index (χ1v) is 8.49. The third-order valence-corrected chi connectivity index (χ3v) is 4.21. The second-order valence-corrected chi connectivity index (χ2v) is 6.31. The lowest BCUT2D eigenvalue weighted by molar-refractivity contribution is -0.138. The number of benzene rings is 1. The smallest absolute Gasteiger partial charge is 0.305 e. The summed E-state index contributed by atoms with van der Waals surface area (Å²) in [6, 6.07) is 7.44. The number of nitrogens with one attached hydrogen (secondary N) is 1. The average Bonchev–Trinajstić information content (AvgIpc) is 2.88. The molecule has 1 aliphatic heterocycles. The molecular weight excluding hydrogens is 330 g/mol. The van der Waals surface area contributed by atoms with Gasteiger partial charge in [0.05, 0.1) is 19.2 Å². The summed E-state index contributed by atoms with van der Waals surface area (Å²) in [7, 11) is 0. The SMILES string of the molecule is CCCCOc1ccc(/C=N/N=C2/NC(=O)C(CC(=O)O)S2)cc1. The van der Waals surface area contributed by atoms with Crippen molar-refractivity contribution in [2.75, 3.05) is 6.61 Å². The second-order valence-electron chi connectivity index (χ2n) is 5.11. The maximum atomic E-state index is 11.6. The minimum Gasteiger partial charge on any atom is -0.494 e. The van der Waals surface area contributed by atoms with Crippen LogP contribution in [0.2, 0.25) is 0 Å². The molecule has 24 heavy (non-hydrogen) atoms. The number of hydrogen-bond acceptors (Lipinski definition) is 6. The molecule has 128 valence electrons. The molecule has 8 heteroatoms. The average molecular weight is 349 g/mol. The van der Waals surface area contributed by atoms with E-state index in [2.05, 4.69) is 22.4 Å². The van der Waals surface area contributed by atoms with Crippen LogP contribution in [0, 0.1) is 0 Å². The number of unbranched alkanes of at least 4 members (excludes halogenated alkanes) is 1. The van der Waals surface area contributed by atoms with Gasteiger partial charge in [0.2, 0.25) is 5.91 Å². The van der Waals surface area contributed by atoms with Gasteiger partial charge in [0.15, 0.2) is 5.17 Å². The number of hydrogen-bond donors (Lipinski definition) is 2. The predicted octanol–water partition coefficient (Wildman–Crippen LogP) is 2.26. The van der Waals surface area contributed by atoms with E-state index in [1.165, 1.54) is 0 Å². The first-order valence-electron chi connectivity index (χ1n) is 7.61. The van der Waals surface area contributed by atoms with Crippen molar-refractivity contribution in [3.8, 4) is 5.75 Å². The van der Waals surface area contributed by atoms with Crippen molar-refractivity contribution < 1.29 is 19.4 Å². The number of rotatable bonds is 8. The number of nitrogens with zero attached hydrogens (tertiary/aromatic N) is 2. The van der Waals surface area contributed by atoms with E-state index < -0.39 is 11.2 Å². The number of thioether (sulfide) groups is 1. The highest BCUT2D eigenvalue weighted by molar-refractivity contribution is 8.15. The molecule has 0 bridgehead atoms. The monoisotopic (exact) mass is 349 g/mol. The van der Waals surface area contributed by atoms with Crippen LogP contribution < -0.4 is 10.1 Å². The predicted molar refractivity (Wildman–Crippen MR) is 93.6 cm³/mol. The normalized spacial score (nSPS) is 19.0. The topological polar surface area (TPSA) is 100 Å². The van der Waals surface area contributed by atoms with E-state index in [1.54, 1.807) is 6.21 Å². The molecule has 0 saturated carbocycles. The lowest BCUT2D eigenvalue weighted by Gasteiger charge is -2.04. The van der Waals surface area contributed by atoms with E-state index in [4.69, 9.17) is 9.84 Å². The zero-order chi connectivity index (χ0) is 17.4. The standard InChI is InChI=1S/C16H19N3O4S/c1-2-3-8-23-12-6-4-11(5-7-12)10-17-19-16-18-15(22)13(24-16)9-14(20)21/h4-7,10,13H,2-3,8-9H2,1H3,(H,20,21)(H,18,19,22)/b17-10+. The van der Waals surface area contributed by atoms with Crippen LogP contribution in [0.1, 0.15) is 31.7 Å². The highest BCUT2D eigenvalue weighted by atomic mass is 32.2. The van der Waals surface area contributed by atoms with Crippen molar-refractivity contribution in [1.29, 1.82) is 0 Å². The van der Waals surface area contributed by atoms with Gasteiger partial charge in [0, 0.05) is 0 Å². The Hall–Kier alpha value is -2.35. The van der Waals surface area contributed by atoms with Crippen molar-refractivity contribution in [1.82, 2.24) is 5.32 Å². The Balaban J connectivity index is 1.87. The maximum absolute atomic E-state index is 11.6. The van der Waals surface area contributed by atoms with Gasteiger partial charge in [-0.25, -0.2) is 0 Å². The Morgan fingerprint density at radius 3 is 2.83 bits per heavy atom. The zero-order valence-electron chi connectivity index (χ0n) is 13.3. The third kappa shape index (κ3) is 5.69. The number of amidine groups is 1. The first-order chi connectivity index (χ1) is 11.6. The fraction of sp³-hybridized carbons (Fsp3) is 0.375. The van der Waals surface area contributed by atoms with Crippen LogP contribution in [0.25, 0.3) is 0 Å². The van der Waals surface area contributed by atoms with Crippen molar-refractivity contribution >= 4 is 35.0 Å². The fourth-order valence-electron chi connectivity index (χ4n) is 1.88. The van der Waals surface area contributed by atoms with Crippen LogP contribution in [0.15, 0.2) is 34.5 Å². The van der Waals surface area contributed by atoms with Gasteiger partial charge in [0.25, 0.3) is 0 Å². The molecular formula is C16H19N3O4S. The van der Waals surface area contributed by atoms with E-state index in [-0.39, 0.29) is 12.3 Å². The Morgan fingerprint density at radius 2 is 2.17 bits per heavy atom. The van der Waals surface area contributed by atoms with Crippen LogP contribution in [0.3, 0.4) is 0 Å². The van der Waals surface area contributed by atoms with Gasteiger partial charge in [-0.15, -0.1) is 5.10 Å². The van der Waals surface area contributed by atoms with Crippen molar-refractivity contribution in [2.45, 2.75) is 31.4 Å². The molecule has 1 saturated heterocycles. The minimum atomic E-state index is -1.02. The van der Waals surface area contributed by atoms with E-state index in [0.717, 1.165) is 35.9 Å². The van der Waals surface area contributed by atoms with E-state index >= 15 is 0 Å². The summed E-state index contributed by atoms with van der Waals surface area (Å²) in [5.41, 5.74) is 0.846. The lowest BCUT2D eigenvalue weighted by Crippen LogP contribution is -2.26. The number of amides is 1. The molecule has 1 aromatic carbocycles. The second kappa shape index (κ2) is 9.07. The van der Waals surface area contributed by atoms with Gasteiger partial charge in [-0.3, -0.25) is 9.59 Å². The number of ether oxygens (including phenoxy) is 1. The van der Waals surface area contributed by atoms with Gasteiger partial charge in [-0.2, -0.15) is 5.10 Å². The van der Waals surface area contributed by atoms with Crippen molar-refractivity contribution in [2.24, 2.45) is 10.2 Å². The lowest BCUT2D eigenvalue weighted by atomic mass is 10.2. The molecule has 1 fully saturated rings. The molecule has 1 heterocycles. The maximum Gasteiger partial charge on any atom is 0.305 e. The number of carbonyl (C=O) groups is 2. The van der Waals surface area contributed by atoms with Crippen LogP contribution in [0.4, 0.5) is 0 Å². The highest BCUT2D eigenvalue weighted by Crippen LogP contribution is 2.22. The molecule has 1 unspecified atom stereocenters. The van der Waals surface area contributed by atoms with Crippen molar-refractivity contribution in [3.05, 3.63) is 29.8 Å². The molecule has 2 N–H and O–H groups in total. The summed E-state index contributed by atoms with van der Waals surface area (Å²) in [5.74, 6) is -0.569. The Bertz CT molecular complexity index is 643. The van der Waals surface area contributed by atoms with Gasteiger partial charge in [-0.05, 0) is 36.2 Å². The largest absolute Gasteiger partial charge is 0.494 e. The summed E-state index contributed by atoms with van der Waals surface area (Å²) < 4.78 is 5.57. The minimum absolute atomic E-state index is 0.237. The molecule has 7 nitrogen and oxygen atoms in total. The number of carboxylic acids is 1. The summed E-state index contributed by atoms with van der Waals surface area (Å²) in [6.07, 6.45) is 3.43. The fourth-order valence-corrected chi connectivity index (χ4v) is 2.79. The number of carbonyl (C=O) groups excluding carboxylic acids is 1. The summed E-state index contributed by atoms with van der Waals surface area (Å²) in [6.45, 7) is 2.81. The van der Waals surface area contributed by atoms with Gasteiger partial charge < -0.3 is 15.2 Å². The van der Waals surface area contributed by atoms with Crippen LogP contribution in [0.5, 0.6) is 5.75 Å². The van der Waals surface area contributed by atoms with Crippen LogP contribution in [-0.2, 0) is 9.59 Å². The quantitative estimate of drug-likeness (QED) is 0.426. The number of aliphatic carboxylic acids is 1. The van der Waals surface area contributed by atoms with Crippen molar-refractivity contribution in [3.63, 3.8) is 0 Å². The molecule has 0 radical (unpaired) electrons. The molecule has 0 spiro atoms. The van der Waals surface area contributed by atoms with E-state index in [9.17, 15) is 9.59 Å². The Labute approximate surface area is 144 Å². The van der Waals surface area contributed by atoms with Crippen LogP contribution in [-0.4, -0.2) is 40.2 Å². The summed E-state index contributed by atoms with van der Waals surface area (Å²) in [5, 5.41) is 18.7. The molecule has 0 aromatic heterocycles. The third-order valence-electron chi connectivity index (χ3n) is 3.14. The molecule has 1 atom stereocenters. The Kier molecular flexibility index (Phi) is 6.80. The molecule has 1 aromatic rings.